The second-order valence-electron chi connectivity index (χ2n) is 10.2. The molecule has 1 aromatic heterocycles. The third-order valence-electron chi connectivity index (χ3n) is 7.98. The maximum absolute atomic E-state index is 13.0. The normalized spacial score (nSPS) is 27.4. The Hall–Kier alpha value is -3.26. The molecule has 1 unspecified atom stereocenters. The number of likely N-dealkylation sites (tertiary alicyclic amines) is 1. The fourth-order valence-electron chi connectivity index (χ4n) is 6.04. The highest BCUT2D eigenvalue weighted by atomic mass is 16.5. The zero-order chi connectivity index (χ0) is 23.9. The molecule has 4 aliphatic rings. The summed E-state index contributed by atoms with van der Waals surface area (Å²) in [5, 5.41) is 2.35. The van der Waals surface area contributed by atoms with Crippen molar-refractivity contribution in [2.24, 2.45) is 0 Å². The van der Waals surface area contributed by atoms with Crippen molar-refractivity contribution in [1.82, 2.24) is 20.1 Å². The molecule has 2 aromatic rings. The molecule has 8 heteroatoms. The standard InChI is InChI=1S/C27H30N4O4/c32-25-10-9-23(26(33)29-25)31-16-18-12-20(7-8-21(18)27(31)34)35-24-6-2-1-5-22(24)30-14-19(15-30)17-4-3-11-28-13-17/h3-4,7-8,11-13,19,22-24H,1-2,5-6,9-10,14-16H2,(H,29,32,33)/t22-,23?,24-/m1/s1. The monoisotopic (exact) mass is 474 g/mol. The molecule has 4 heterocycles. The van der Waals surface area contributed by atoms with Gasteiger partial charge in [0, 0.05) is 56.0 Å². The molecular weight excluding hydrogens is 444 g/mol. The fraction of sp³-hybridized carbons (Fsp3) is 0.481. The van der Waals surface area contributed by atoms with Crippen LogP contribution in [0.15, 0.2) is 42.7 Å². The number of amides is 3. The zero-order valence-electron chi connectivity index (χ0n) is 19.7. The number of imide groups is 1. The first-order valence-corrected chi connectivity index (χ1v) is 12.6. The van der Waals surface area contributed by atoms with Crippen LogP contribution in [0.2, 0.25) is 0 Å². The molecule has 3 amide bonds. The van der Waals surface area contributed by atoms with Crippen molar-refractivity contribution in [2.45, 2.75) is 69.2 Å². The summed E-state index contributed by atoms with van der Waals surface area (Å²) in [7, 11) is 0. The number of rotatable bonds is 5. The molecule has 0 bridgehead atoms. The van der Waals surface area contributed by atoms with E-state index < -0.39 is 6.04 Å². The van der Waals surface area contributed by atoms with E-state index in [0.29, 0.717) is 30.5 Å². The summed E-state index contributed by atoms with van der Waals surface area (Å²) in [6, 6.07) is 9.62. The molecule has 0 spiro atoms. The molecule has 0 radical (unpaired) electrons. The van der Waals surface area contributed by atoms with Gasteiger partial charge in [0.05, 0.1) is 0 Å². The van der Waals surface area contributed by atoms with Crippen molar-refractivity contribution >= 4 is 17.7 Å². The molecule has 35 heavy (non-hydrogen) atoms. The second-order valence-corrected chi connectivity index (χ2v) is 10.2. The molecule has 1 N–H and O–H groups in total. The van der Waals surface area contributed by atoms with Crippen LogP contribution < -0.4 is 10.1 Å². The number of hydrogen-bond acceptors (Lipinski definition) is 6. The van der Waals surface area contributed by atoms with Crippen LogP contribution in [0.25, 0.3) is 0 Å². The van der Waals surface area contributed by atoms with E-state index in [9.17, 15) is 14.4 Å². The highest BCUT2D eigenvalue weighted by molar-refractivity contribution is 6.05. The van der Waals surface area contributed by atoms with Gasteiger partial charge in [0.15, 0.2) is 0 Å². The maximum atomic E-state index is 13.0. The van der Waals surface area contributed by atoms with Gasteiger partial charge in [0.1, 0.15) is 17.9 Å². The average Bonchev–Trinajstić information content (AvgIpc) is 3.15. The summed E-state index contributed by atoms with van der Waals surface area (Å²) < 4.78 is 6.53. The van der Waals surface area contributed by atoms with Crippen LogP contribution in [-0.4, -0.2) is 63.8 Å². The van der Waals surface area contributed by atoms with Crippen molar-refractivity contribution in [1.29, 1.82) is 0 Å². The SMILES string of the molecule is O=C1CCC(N2Cc3cc(O[C@@H]4CCCC[C@H]4N4CC(c5cccnc5)C4)ccc3C2=O)C(=O)N1. The van der Waals surface area contributed by atoms with Crippen molar-refractivity contribution in [2.75, 3.05) is 13.1 Å². The van der Waals surface area contributed by atoms with Gasteiger partial charge in [0.2, 0.25) is 11.8 Å². The van der Waals surface area contributed by atoms with E-state index in [-0.39, 0.29) is 30.2 Å². The van der Waals surface area contributed by atoms with Gasteiger partial charge in [-0.15, -0.1) is 0 Å². The predicted molar refractivity (Wildman–Crippen MR) is 128 cm³/mol. The van der Waals surface area contributed by atoms with Crippen LogP contribution in [0, 0.1) is 0 Å². The van der Waals surface area contributed by atoms with Gasteiger partial charge in [-0.1, -0.05) is 12.5 Å². The number of benzene rings is 1. The lowest BCUT2D eigenvalue weighted by molar-refractivity contribution is -0.136. The number of carbonyl (C=O) groups excluding carboxylic acids is 3. The molecule has 182 valence electrons. The summed E-state index contributed by atoms with van der Waals surface area (Å²) in [6.45, 7) is 2.44. The molecule has 3 aliphatic heterocycles. The molecule has 2 saturated heterocycles. The lowest BCUT2D eigenvalue weighted by Gasteiger charge is -2.48. The van der Waals surface area contributed by atoms with Gasteiger partial charge in [-0.05, 0) is 61.1 Å². The number of piperidine rings is 1. The fourth-order valence-corrected chi connectivity index (χ4v) is 6.04. The minimum absolute atomic E-state index is 0.125. The lowest BCUT2D eigenvalue weighted by atomic mass is 9.85. The number of aromatic nitrogens is 1. The Kier molecular flexibility index (Phi) is 5.76. The number of hydrogen-bond donors (Lipinski definition) is 1. The average molecular weight is 475 g/mol. The van der Waals surface area contributed by atoms with E-state index in [4.69, 9.17) is 4.74 Å². The molecule has 8 nitrogen and oxygen atoms in total. The van der Waals surface area contributed by atoms with E-state index in [0.717, 1.165) is 43.7 Å². The largest absolute Gasteiger partial charge is 0.489 e. The van der Waals surface area contributed by atoms with Gasteiger partial charge in [-0.2, -0.15) is 0 Å². The lowest BCUT2D eigenvalue weighted by Crippen LogP contribution is -2.57. The summed E-state index contributed by atoms with van der Waals surface area (Å²) in [5.74, 6) is 0.502. The van der Waals surface area contributed by atoms with Crippen LogP contribution in [-0.2, 0) is 16.1 Å². The number of nitrogens with one attached hydrogen (secondary N) is 1. The van der Waals surface area contributed by atoms with Crippen molar-refractivity contribution in [3.05, 3.63) is 59.4 Å². The van der Waals surface area contributed by atoms with E-state index >= 15 is 0 Å². The minimum atomic E-state index is -0.598. The molecule has 6 rings (SSSR count). The summed E-state index contributed by atoms with van der Waals surface area (Å²) in [4.78, 5) is 45.2. The van der Waals surface area contributed by atoms with E-state index in [1.165, 1.54) is 12.0 Å². The van der Waals surface area contributed by atoms with E-state index in [1.807, 2.05) is 36.7 Å². The first kappa shape index (κ1) is 22.2. The first-order valence-electron chi connectivity index (χ1n) is 12.6. The summed E-state index contributed by atoms with van der Waals surface area (Å²) >= 11 is 0. The zero-order valence-corrected chi connectivity index (χ0v) is 19.7. The van der Waals surface area contributed by atoms with Crippen molar-refractivity contribution < 1.29 is 19.1 Å². The Morgan fingerprint density at radius 1 is 1.03 bits per heavy atom. The number of carbonyl (C=O) groups is 3. The first-order chi connectivity index (χ1) is 17.1. The Bertz CT molecular complexity index is 1150. The Morgan fingerprint density at radius 2 is 1.89 bits per heavy atom. The van der Waals surface area contributed by atoms with E-state index in [1.54, 1.807) is 4.90 Å². The van der Waals surface area contributed by atoms with Crippen LogP contribution in [0.1, 0.15) is 65.9 Å². The number of fused-ring (bicyclic) bond motifs is 1. The van der Waals surface area contributed by atoms with Gasteiger partial charge in [-0.3, -0.25) is 29.6 Å². The Balaban J connectivity index is 1.12. The third-order valence-corrected chi connectivity index (χ3v) is 7.98. The van der Waals surface area contributed by atoms with Gasteiger partial charge in [0.25, 0.3) is 5.91 Å². The van der Waals surface area contributed by atoms with E-state index in [2.05, 4.69) is 21.3 Å². The Labute approximate surface area is 204 Å². The second kappa shape index (κ2) is 9.07. The quantitative estimate of drug-likeness (QED) is 0.670. The molecule has 1 aliphatic carbocycles. The molecule has 1 saturated carbocycles. The summed E-state index contributed by atoms with van der Waals surface area (Å²) in [5.41, 5.74) is 2.80. The van der Waals surface area contributed by atoms with Crippen LogP contribution in [0.4, 0.5) is 0 Å². The minimum Gasteiger partial charge on any atom is -0.489 e. The summed E-state index contributed by atoms with van der Waals surface area (Å²) in [6.07, 6.45) is 9.08. The molecule has 3 fully saturated rings. The topological polar surface area (TPSA) is 91.8 Å². The Morgan fingerprint density at radius 3 is 2.69 bits per heavy atom. The molecular formula is C27H30N4O4. The van der Waals surface area contributed by atoms with Crippen molar-refractivity contribution in [3.63, 3.8) is 0 Å². The highest BCUT2D eigenvalue weighted by Crippen LogP contribution is 2.36. The van der Waals surface area contributed by atoms with Gasteiger partial charge < -0.3 is 9.64 Å². The molecule has 3 atom stereocenters. The smallest absolute Gasteiger partial charge is 0.255 e. The van der Waals surface area contributed by atoms with Crippen LogP contribution in [0.3, 0.4) is 0 Å². The van der Waals surface area contributed by atoms with Crippen LogP contribution in [0.5, 0.6) is 5.75 Å². The van der Waals surface area contributed by atoms with Crippen molar-refractivity contribution in [3.8, 4) is 5.75 Å². The number of ether oxygens (including phenoxy) is 1. The third kappa shape index (κ3) is 4.20. The molecule has 1 aromatic carbocycles. The number of pyridine rings is 1. The van der Waals surface area contributed by atoms with Crippen LogP contribution >= 0.6 is 0 Å². The maximum Gasteiger partial charge on any atom is 0.255 e. The number of nitrogens with zero attached hydrogens (tertiary/aromatic N) is 3. The van der Waals surface area contributed by atoms with Gasteiger partial charge >= 0.3 is 0 Å². The highest BCUT2D eigenvalue weighted by Gasteiger charge is 2.41. The predicted octanol–water partition coefficient (Wildman–Crippen LogP) is 2.63. The van der Waals surface area contributed by atoms with Gasteiger partial charge in [-0.25, -0.2) is 0 Å².